The Morgan fingerprint density at radius 1 is 0.280 bits per heavy atom. The summed E-state index contributed by atoms with van der Waals surface area (Å²) in [6, 6.07) is 0. The normalized spacial score (nSPS) is 12.7. The first-order valence-corrected chi connectivity index (χ1v) is 31.7. The van der Waals surface area contributed by atoms with Gasteiger partial charge >= 0.3 is 17.9 Å². The lowest BCUT2D eigenvalue weighted by molar-refractivity contribution is -0.167. The molecule has 430 valence electrons. The third kappa shape index (κ3) is 61.1. The average molecular weight is 1040 g/mol. The number of esters is 3. The van der Waals surface area contributed by atoms with Gasteiger partial charge in [0.15, 0.2) is 6.10 Å². The van der Waals surface area contributed by atoms with Crippen LogP contribution in [0.25, 0.3) is 0 Å². The molecule has 0 rings (SSSR count). The topological polar surface area (TPSA) is 78.9 Å². The van der Waals surface area contributed by atoms with Gasteiger partial charge in [-0.3, -0.25) is 14.4 Å². The molecule has 0 saturated carbocycles. The van der Waals surface area contributed by atoms with Gasteiger partial charge < -0.3 is 14.2 Å². The maximum absolute atomic E-state index is 12.9. The first-order chi connectivity index (χ1) is 37.0. The monoisotopic (exact) mass is 1040 g/mol. The number of carbonyl (C=O) groups excluding carboxylic acids is 3. The average Bonchev–Trinajstić information content (AvgIpc) is 3.41. The standard InChI is InChI=1S/C69H118O6/c1-4-7-10-13-16-19-22-25-28-31-33-34-36-38-41-44-47-50-53-56-59-62-68(71)74-65-66(64-73-67(70)61-58-55-52-49-46-43-40-37-30-27-24-21-18-15-12-9-6-3)75-69(72)63-60-57-54-51-48-45-42-39-35-32-29-26-23-20-17-14-11-8-5-2/h7,9-10,12,16,18-19,21,25-30,33-34,66H,4-6,8,11,13-15,17,20,22-24,31-32,35-65H2,1-3H3/b10-7-,12-9-,19-16-,21-18-,28-25-,29-26-,30-27-,34-33-. The Hall–Kier alpha value is -3.67. The van der Waals surface area contributed by atoms with E-state index in [0.29, 0.717) is 19.3 Å². The molecular weight excluding hydrogens is 925 g/mol. The summed E-state index contributed by atoms with van der Waals surface area (Å²) in [4.78, 5) is 38.4. The van der Waals surface area contributed by atoms with E-state index >= 15 is 0 Å². The highest BCUT2D eigenvalue weighted by atomic mass is 16.6. The molecule has 0 radical (unpaired) electrons. The lowest BCUT2D eigenvalue weighted by Gasteiger charge is -2.18. The third-order valence-electron chi connectivity index (χ3n) is 13.6. The van der Waals surface area contributed by atoms with Gasteiger partial charge in [-0.2, -0.15) is 0 Å². The molecular formula is C69H118O6. The molecule has 0 aromatic carbocycles. The molecule has 1 atom stereocenters. The van der Waals surface area contributed by atoms with Crippen LogP contribution >= 0.6 is 0 Å². The predicted molar refractivity (Wildman–Crippen MR) is 325 cm³/mol. The largest absolute Gasteiger partial charge is 0.462 e. The van der Waals surface area contributed by atoms with E-state index in [2.05, 4.69) is 118 Å². The first kappa shape index (κ1) is 71.3. The van der Waals surface area contributed by atoms with Crippen molar-refractivity contribution in [2.75, 3.05) is 13.2 Å². The zero-order valence-electron chi connectivity index (χ0n) is 49.3. The Balaban J connectivity index is 4.40. The molecule has 0 amide bonds. The van der Waals surface area contributed by atoms with Crippen molar-refractivity contribution in [2.24, 2.45) is 0 Å². The van der Waals surface area contributed by atoms with Crippen molar-refractivity contribution in [2.45, 2.75) is 309 Å². The second kappa shape index (κ2) is 62.9. The van der Waals surface area contributed by atoms with Crippen molar-refractivity contribution in [1.29, 1.82) is 0 Å². The Morgan fingerprint density at radius 2 is 0.520 bits per heavy atom. The number of unbranched alkanes of at least 4 members (excludes halogenated alkanes) is 30. The van der Waals surface area contributed by atoms with Gasteiger partial charge in [0.25, 0.3) is 0 Å². The minimum absolute atomic E-state index is 0.0853. The van der Waals surface area contributed by atoms with Crippen LogP contribution in [0.1, 0.15) is 303 Å². The summed E-state index contributed by atoms with van der Waals surface area (Å²) < 4.78 is 16.9. The molecule has 0 N–H and O–H groups in total. The number of hydrogen-bond donors (Lipinski definition) is 0. The number of hydrogen-bond acceptors (Lipinski definition) is 6. The summed E-state index contributed by atoms with van der Waals surface area (Å²) in [5, 5.41) is 0. The van der Waals surface area contributed by atoms with Gasteiger partial charge in [-0.1, -0.05) is 266 Å². The highest BCUT2D eigenvalue weighted by molar-refractivity contribution is 5.71. The molecule has 0 bridgehead atoms. The first-order valence-electron chi connectivity index (χ1n) is 31.7. The van der Waals surface area contributed by atoms with E-state index < -0.39 is 6.10 Å². The van der Waals surface area contributed by atoms with Crippen molar-refractivity contribution in [3.05, 3.63) is 97.2 Å². The fourth-order valence-corrected chi connectivity index (χ4v) is 8.86. The van der Waals surface area contributed by atoms with E-state index in [4.69, 9.17) is 14.2 Å². The second-order valence-electron chi connectivity index (χ2n) is 20.9. The molecule has 6 nitrogen and oxygen atoms in total. The molecule has 0 aliphatic heterocycles. The van der Waals surface area contributed by atoms with Gasteiger partial charge in [0.1, 0.15) is 13.2 Å². The molecule has 0 aliphatic rings. The van der Waals surface area contributed by atoms with E-state index in [1.165, 1.54) is 148 Å². The molecule has 0 aromatic heterocycles. The number of carbonyl (C=O) groups is 3. The number of allylic oxidation sites excluding steroid dienone is 16. The quantitative estimate of drug-likeness (QED) is 0.0261. The maximum Gasteiger partial charge on any atom is 0.306 e. The van der Waals surface area contributed by atoms with Crippen molar-refractivity contribution < 1.29 is 28.6 Å². The van der Waals surface area contributed by atoms with Crippen LogP contribution in [-0.2, 0) is 28.6 Å². The summed E-state index contributed by atoms with van der Waals surface area (Å²) in [7, 11) is 0. The molecule has 0 spiro atoms. The van der Waals surface area contributed by atoms with Crippen LogP contribution in [0.2, 0.25) is 0 Å². The van der Waals surface area contributed by atoms with Gasteiger partial charge in [-0.05, 0) is 116 Å². The summed E-state index contributed by atoms with van der Waals surface area (Å²) in [6.45, 7) is 6.43. The van der Waals surface area contributed by atoms with Crippen molar-refractivity contribution in [3.63, 3.8) is 0 Å². The lowest BCUT2D eigenvalue weighted by atomic mass is 10.1. The Bertz CT molecular complexity index is 1480. The van der Waals surface area contributed by atoms with Crippen molar-refractivity contribution >= 4 is 17.9 Å². The van der Waals surface area contributed by atoms with Gasteiger partial charge in [0.05, 0.1) is 0 Å². The number of rotatable bonds is 57. The smallest absolute Gasteiger partial charge is 0.306 e. The predicted octanol–water partition coefficient (Wildman–Crippen LogP) is 21.7. The Labute approximate surface area is 464 Å². The Kier molecular flexibility index (Phi) is 59.8. The van der Waals surface area contributed by atoms with Crippen LogP contribution in [0.5, 0.6) is 0 Å². The van der Waals surface area contributed by atoms with Gasteiger partial charge in [0, 0.05) is 19.3 Å². The SMILES string of the molecule is CC/C=C\C/C=C\C/C=C\C/C=C\CCCCCCCCCCC(=O)OCC(COC(=O)CCCCCCCCC/C=C\C/C=C\C/C=C\CC)OC(=O)CCCCCCCCCCC/C=C\CCCCCCCC. The fourth-order valence-electron chi connectivity index (χ4n) is 8.86. The van der Waals surface area contributed by atoms with Crippen LogP contribution < -0.4 is 0 Å². The van der Waals surface area contributed by atoms with Crippen LogP contribution in [0.3, 0.4) is 0 Å². The molecule has 0 aromatic rings. The highest BCUT2D eigenvalue weighted by Gasteiger charge is 2.19. The van der Waals surface area contributed by atoms with E-state index in [-0.39, 0.29) is 31.1 Å². The van der Waals surface area contributed by atoms with E-state index in [1.807, 2.05) is 0 Å². The summed E-state index contributed by atoms with van der Waals surface area (Å²) in [6.07, 6.45) is 84.0. The highest BCUT2D eigenvalue weighted by Crippen LogP contribution is 2.16. The van der Waals surface area contributed by atoms with Crippen molar-refractivity contribution in [3.8, 4) is 0 Å². The number of ether oxygens (including phenoxy) is 3. The lowest BCUT2D eigenvalue weighted by Crippen LogP contribution is -2.30. The molecule has 6 heteroatoms. The van der Waals surface area contributed by atoms with Crippen LogP contribution in [0, 0.1) is 0 Å². The van der Waals surface area contributed by atoms with E-state index in [1.54, 1.807) is 0 Å². The Morgan fingerprint density at radius 3 is 0.827 bits per heavy atom. The molecule has 1 unspecified atom stereocenters. The third-order valence-corrected chi connectivity index (χ3v) is 13.6. The summed E-state index contributed by atoms with van der Waals surface area (Å²) >= 11 is 0. The van der Waals surface area contributed by atoms with Crippen LogP contribution in [-0.4, -0.2) is 37.2 Å². The van der Waals surface area contributed by atoms with Crippen molar-refractivity contribution in [1.82, 2.24) is 0 Å². The molecule has 0 saturated heterocycles. The molecule has 0 heterocycles. The zero-order valence-corrected chi connectivity index (χ0v) is 49.3. The zero-order chi connectivity index (χ0) is 54.3. The van der Waals surface area contributed by atoms with Gasteiger partial charge in [-0.25, -0.2) is 0 Å². The van der Waals surface area contributed by atoms with Gasteiger partial charge in [0.2, 0.25) is 0 Å². The molecule has 75 heavy (non-hydrogen) atoms. The second-order valence-corrected chi connectivity index (χ2v) is 20.9. The van der Waals surface area contributed by atoms with Gasteiger partial charge in [-0.15, -0.1) is 0 Å². The minimum Gasteiger partial charge on any atom is -0.462 e. The summed E-state index contributed by atoms with van der Waals surface area (Å²) in [5.41, 5.74) is 0. The van der Waals surface area contributed by atoms with Crippen LogP contribution in [0.4, 0.5) is 0 Å². The maximum atomic E-state index is 12.9. The molecule has 0 fully saturated rings. The molecule has 0 aliphatic carbocycles. The van der Waals surface area contributed by atoms with E-state index in [9.17, 15) is 14.4 Å². The summed E-state index contributed by atoms with van der Waals surface area (Å²) in [5.74, 6) is -0.894. The minimum atomic E-state index is -0.789. The fraction of sp³-hybridized carbons (Fsp3) is 0.725. The van der Waals surface area contributed by atoms with Crippen LogP contribution in [0.15, 0.2) is 97.2 Å². The van der Waals surface area contributed by atoms with E-state index in [0.717, 1.165) is 116 Å².